The smallest absolute Gasteiger partial charge is 0.0164 e. The van der Waals surface area contributed by atoms with Crippen molar-refractivity contribution in [2.45, 2.75) is 53.9 Å². The first-order chi connectivity index (χ1) is 8.00. The number of rotatable bonds is 1. The number of benzene rings is 1. The van der Waals surface area contributed by atoms with Gasteiger partial charge in [-0.15, -0.1) is 0 Å². The third-order valence-corrected chi connectivity index (χ3v) is 4.33. The molecule has 0 amide bonds. The number of allylic oxidation sites excluding steroid dienone is 2. The van der Waals surface area contributed by atoms with Crippen LogP contribution in [-0.2, 0) is 0 Å². The van der Waals surface area contributed by atoms with E-state index in [0.29, 0.717) is 0 Å². The maximum absolute atomic E-state index is 2.38. The van der Waals surface area contributed by atoms with E-state index >= 15 is 0 Å². The molecule has 0 heteroatoms. The number of hydrogen-bond donors (Lipinski definition) is 0. The highest BCUT2D eigenvalue weighted by atomic mass is 14.2. The minimum atomic E-state index is 0.841. The molecule has 0 heterocycles. The van der Waals surface area contributed by atoms with Crippen molar-refractivity contribution in [1.29, 1.82) is 0 Å². The molecule has 92 valence electrons. The summed E-state index contributed by atoms with van der Waals surface area (Å²) >= 11 is 0. The van der Waals surface area contributed by atoms with Crippen LogP contribution < -0.4 is 0 Å². The van der Waals surface area contributed by atoms with Crippen molar-refractivity contribution in [3.63, 3.8) is 0 Å². The molecule has 1 atom stereocenters. The van der Waals surface area contributed by atoms with Crippen molar-refractivity contribution < 1.29 is 0 Å². The molecule has 1 aromatic carbocycles. The Morgan fingerprint density at radius 3 is 2.35 bits per heavy atom. The fourth-order valence-corrected chi connectivity index (χ4v) is 2.97. The number of hydrogen-bond acceptors (Lipinski definition) is 0. The lowest BCUT2D eigenvalue weighted by Crippen LogP contribution is -2.08. The third kappa shape index (κ3) is 2.31. The Morgan fingerprint density at radius 2 is 1.65 bits per heavy atom. The van der Waals surface area contributed by atoms with E-state index in [0.717, 1.165) is 5.92 Å². The van der Waals surface area contributed by atoms with Crippen LogP contribution in [0.2, 0.25) is 0 Å². The average Bonchev–Trinajstić information content (AvgIpc) is 2.29. The Labute approximate surface area is 106 Å². The summed E-state index contributed by atoms with van der Waals surface area (Å²) in [7, 11) is 0. The molecular weight excluding hydrogens is 204 g/mol. The highest BCUT2D eigenvalue weighted by Crippen LogP contribution is 2.38. The SMILES string of the molecule is CC1=C(c2c(C)ccc(C)c2C)CC(C)CC1. The standard InChI is InChI=1S/C17H24/c1-11-6-7-13(3)16(10-11)17-14(4)9-8-12(2)15(17)5/h8-9,11H,6-7,10H2,1-5H3. The van der Waals surface area contributed by atoms with Gasteiger partial charge in [-0.1, -0.05) is 24.6 Å². The lowest BCUT2D eigenvalue weighted by atomic mass is 9.79. The summed E-state index contributed by atoms with van der Waals surface area (Å²) in [5, 5.41) is 0. The van der Waals surface area contributed by atoms with Gasteiger partial charge in [0.15, 0.2) is 0 Å². The molecule has 0 spiro atoms. The monoisotopic (exact) mass is 228 g/mol. The topological polar surface area (TPSA) is 0 Å². The van der Waals surface area contributed by atoms with Crippen molar-refractivity contribution in [2.75, 3.05) is 0 Å². The van der Waals surface area contributed by atoms with Gasteiger partial charge in [0.05, 0.1) is 0 Å². The number of aryl methyl sites for hydroxylation is 2. The summed E-state index contributed by atoms with van der Waals surface area (Å²) < 4.78 is 0. The van der Waals surface area contributed by atoms with Gasteiger partial charge in [-0.25, -0.2) is 0 Å². The van der Waals surface area contributed by atoms with Gasteiger partial charge in [0, 0.05) is 0 Å². The Balaban J connectivity index is 2.57. The molecule has 0 saturated carbocycles. The van der Waals surface area contributed by atoms with E-state index in [2.05, 4.69) is 46.8 Å². The van der Waals surface area contributed by atoms with Crippen molar-refractivity contribution in [3.05, 3.63) is 40.0 Å². The molecule has 2 rings (SSSR count). The van der Waals surface area contributed by atoms with Crippen LogP contribution in [0.25, 0.3) is 5.57 Å². The maximum Gasteiger partial charge on any atom is -0.0164 e. The first kappa shape index (κ1) is 12.4. The van der Waals surface area contributed by atoms with Gasteiger partial charge in [0.2, 0.25) is 0 Å². The second-order valence-electron chi connectivity index (χ2n) is 5.81. The summed E-state index contributed by atoms with van der Waals surface area (Å²) in [4.78, 5) is 0. The zero-order chi connectivity index (χ0) is 12.6. The lowest BCUT2D eigenvalue weighted by Gasteiger charge is -2.26. The minimum Gasteiger partial charge on any atom is -0.0695 e. The van der Waals surface area contributed by atoms with Gasteiger partial charge >= 0.3 is 0 Å². The predicted molar refractivity (Wildman–Crippen MR) is 76.3 cm³/mol. The molecular formula is C17H24. The maximum atomic E-state index is 2.38. The van der Waals surface area contributed by atoms with Crippen molar-refractivity contribution >= 4 is 5.57 Å². The fraction of sp³-hybridized carbons (Fsp3) is 0.529. The van der Waals surface area contributed by atoms with E-state index in [4.69, 9.17) is 0 Å². The zero-order valence-corrected chi connectivity index (χ0v) is 11.9. The van der Waals surface area contributed by atoms with Gasteiger partial charge in [-0.3, -0.25) is 0 Å². The molecule has 1 aromatic rings. The highest BCUT2D eigenvalue weighted by Gasteiger charge is 2.19. The van der Waals surface area contributed by atoms with Gasteiger partial charge in [0.25, 0.3) is 0 Å². The van der Waals surface area contributed by atoms with E-state index in [-0.39, 0.29) is 0 Å². The molecule has 0 fully saturated rings. The fourth-order valence-electron chi connectivity index (χ4n) is 2.97. The molecule has 17 heavy (non-hydrogen) atoms. The molecule has 0 radical (unpaired) electrons. The lowest BCUT2D eigenvalue weighted by molar-refractivity contribution is 0.524. The van der Waals surface area contributed by atoms with Gasteiger partial charge in [-0.05, 0) is 80.7 Å². The van der Waals surface area contributed by atoms with Crippen LogP contribution >= 0.6 is 0 Å². The first-order valence-electron chi connectivity index (χ1n) is 6.76. The Bertz CT molecular complexity index is 463. The van der Waals surface area contributed by atoms with Crippen LogP contribution in [-0.4, -0.2) is 0 Å². The Morgan fingerprint density at radius 1 is 1.00 bits per heavy atom. The first-order valence-corrected chi connectivity index (χ1v) is 6.76. The molecule has 0 nitrogen and oxygen atoms in total. The second kappa shape index (κ2) is 4.68. The molecule has 1 unspecified atom stereocenters. The van der Waals surface area contributed by atoms with E-state index in [1.807, 2.05) is 0 Å². The van der Waals surface area contributed by atoms with Crippen LogP contribution in [0.4, 0.5) is 0 Å². The van der Waals surface area contributed by atoms with Gasteiger partial charge in [0.1, 0.15) is 0 Å². The minimum absolute atomic E-state index is 0.841. The quantitative estimate of drug-likeness (QED) is 0.619. The van der Waals surface area contributed by atoms with Crippen molar-refractivity contribution in [1.82, 2.24) is 0 Å². The van der Waals surface area contributed by atoms with Crippen LogP contribution in [0.5, 0.6) is 0 Å². The van der Waals surface area contributed by atoms with Crippen LogP contribution in [0, 0.1) is 26.7 Å². The summed E-state index contributed by atoms with van der Waals surface area (Å²) in [6.45, 7) is 11.5. The molecule has 0 aromatic heterocycles. The molecule has 0 N–H and O–H groups in total. The van der Waals surface area contributed by atoms with Crippen LogP contribution in [0.15, 0.2) is 17.7 Å². The molecule has 1 aliphatic rings. The van der Waals surface area contributed by atoms with Crippen molar-refractivity contribution in [3.8, 4) is 0 Å². The van der Waals surface area contributed by atoms with Crippen molar-refractivity contribution in [2.24, 2.45) is 5.92 Å². The third-order valence-electron chi connectivity index (χ3n) is 4.33. The van der Waals surface area contributed by atoms with Gasteiger partial charge in [-0.2, -0.15) is 0 Å². The van der Waals surface area contributed by atoms with E-state index < -0.39 is 0 Å². The van der Waals surface area contributed by atoms with E-state index in [1.165, 1.54) is 41.5 Å². The molecule has 0 saturated heterocycles. The predicted octanol–water partition coefficient (Wildman–Crippen LogP) is 5.21. The highest BCUT2D eigenvalue weighted by molar-refractivity contribution is 5.74. The largest absolute Gasteiger partial charge is 0.0695 e. The molecule has 0 aliphatic heterocycles. The second-order valence-corrected chi connectivity index (χ2v) is 5.81. The van der Waals surface area contributed by atoms with E-state index in [9.17, 15) is 0 Å². The van der Waals surface area contributed by atoms with Gasteiger partial charge < -0.3 is 0 Å². The summed E-state index contributed by atoms with van der Waals surface area (Å²) in [5.74, 6) is 0.841. The Kier molecular flexibility index (Phi) is 3.42. The zero-order valence-electron chi connectivity index (χ0n) is 11.9. The normalized spacial score (nSPS) is 20.9. The summed E-state index contributed by atoms with van der Waals surface area (Å²) in [6, 6.07) is 4.52. The Hall–Kier alpha value is -1.04. The van der Waals surface area contributed by atoms with E-state index in [1.54, 1.807) is 11.1 Å². The average molecular weight is 228 g/mol. The van der Waals surface area contributed by atoms with Crippen LogP contribution in [0.3, 0.4) is 0 Å². The molecule has 1 aliphatic carbocycles. The molecule has 0 bridgehead atoms. The van der Waals surface area contributed by atoms with Crippen LogP contribution in [0.1, 0.15) is 55.4 Å². The summed E-state index contributed by atoms with van der Waals surface area (Å²) in [5.41, 5.74) is 9.12. The summed E-state index contributed by atoms with van der Waals surface area (Å²) in [6.07, 6.45) is 3.90.